The monoisotopic (exact) mass is 422 g/mol. The van der Waals surface area contributed by atoms with Gasteiger partial charge in [0.2, 0.25) is 5.91 Å². The van der Waals surface area contributed by atoms with E-state index in [1.54, 1.807) is 11.0 Å². The van der Waals surface area contributed by atoms with Crippen molar-refractivity contribution in [2.75, 3.05) is 13.1 Å². The fraction of sp³-hybridized carbons (Fsp3) is 0.250. The first-order chi connectivity index (χ1) is 14.4. The third-order valence-corrected chi connectivity index (χ3v) is 6.02. The van der Waals surface area contributed by atoms with E-state index in [0.29, 0.717) is 24.4 Å². The molecule has 0 aliphatic carbocycles. The predicted molar refractivity (Wildman–Crippen MR) is 119 cm³/mol. The number of carboxylic acid groups (broad SMARTS) is 1. The molecule has 1 aliphatic rings. The Morgan fingerprint density at radius 2 is 2.03 bits per heavy atom. The van der Waals surface area contributed by atoms with Crippen molar-refractivity contribution in [2.45, 2.75) is 12.8 Å². The van der Waals surface area contributed by atoms with Gasteiger partial charge in [-0.3, -0.25) is 9.59 Å². The maximum Gasteiger partial charge on any atom is 0.308 e. The second-order valence-corrected chi connectivity index (χ2v) is 8.11. The average Bonchev–Trinajstić information content (AvgIpc) is 3.12. The number of carbonyl (C=O) groups excluding carboxylic acids is 1. The fourth-order valence-electron chi connectivity index (χ4n) is 4.07. The topological polar surface area (TPSA) is 62.5 Å². The number of carboxylic acids is 1. The summed E-state index contributed by atoms with van der Waals surface area (Å²) < 4.78 is 2.06. The molecule has 1 N–H and O–H groups in total. The first-order valence-corrected chi connectivity index (χ1v) is 10.4. The summed E-state index contributed by atoms with van der Waals surface area (Å²) in [5.41, 5.74) is 3.83. The summed E-state index contributed by atoms with van der Waals surface area (Å²) in [6, 6.07) is 13.9. The molecule has 1 atom stereocenters. The molecule has 1 aromatic heterocycles. The predicted octanol–water partition coefficient (Wildman–Crippen LogP) is 4.84. The number of halogens is 1. The molecule has 0 radical (unpaired) electrons. The van der Waals surface area contributed by atoms with E-state index in [2.05, 4.69) is 22.8 Å². The van der Waals surface area contributed by atoms with Gasteiger partial charge >= 0.3 is 5.97 Å². The third kappa shape index (κ3) is 3.98. The van der Waals surface area contributed by atoms with Gasteiger partial charge < -0.3 is 14.6 Å². The van der Waals surface area contributed by atoms with E-state index in [1.807, 2.05) is 37.5 Å². The van der Waals surface area contributed by atoms with E-state index in [1.165, 1.54) is 6.08 Å². The highest BCUT2D eigenvalue weighted by Crippen LogP contribution is 2.34. The first kappa shape index (κ1) is 20.2. The number of aromatic nitrogens is 1. The van der Waals surface area contributed by atoms with Crippen LogP contribution in [0.25, 0.3) is 28.1 Å². The number of aliphatic carboxylic acids is 1. The summed E-state index contributed by atoms with van der Waals surface area (Å²) in [4.78, 5) is 25.5. The Kier molecular flexibility index (Phi) is 5.64. The van der Waals surface area contributed by atoms with Crippen LogP contribution in [0.3, 0.4) is 0 Å². The molecule has 6 heteroatoms. The SMILES string of the molecule is Cn1ccc2cc(-c3c(Cl)cccc3/C=C/C(=O)N3CCCC(C(=O)O)C3)ccc21. The molecule has 154 valence electrons. The van der Waals surface area contributed by atoms with Crippen molar-refractivity contribution in [1.82, 2.24) is 9.47 Å². The Labute approximate surface area is 180 Å². The van der Waals surface area contributed by atoms with Crippen molar-refractivity contribution in [3.8, 4) is 11.1 Å². The Balaban J connectivity index is 1.62. The van der Waals surface area contributed by atoms with Crippen LogP contribution in [0.1, 0.15) is 18.4 Å². The largest absolute Gasteiger partial charge is 0.481 e. The molecule has 0 bridgehead atoms. The number of aryl methyl sites for hydroxylation is 1. The van der Waals surface area contributed by atoms with E-state index in [0.717, 1.165) is 27.6 Å². The molecule has 2 aromatic carbocycles. The number of hydrogen-bond donors (Lipinski definition) is 1. The minimum absolute atomic E-state index is 0.176. The maximum atomic E-state index is 12.7. The molecule has 1 fully saturated rings. The highest BCUT2D eigenvalue weighted by atomic mass is 35.5. The lowest BCUT2D eigenvalue weighted by molar-refractivity contribution is -0.144. The van der Waals surface area contributed by atoms with Gasteiger partial charge in [0.15, 0.2) is 0 Å². The van der Waals surface area contributed by atoms with Gasteiger partial charge in [-0.1, -0.05) is 29.8 Å². The number of fused-ring (bicyclic) bond motifs is 1. The molecular weight excluding hydrogens is 400 g/mol. The summed E-state index contributed by atoms with van der Waals surface area (Å²) >= 11 is 6.54. The van der Waals surface area contributed by atoms with Gasteiger partial charge in [0.05, 0.1) is 5.92 Å². The van der Waals surface area contributed by atoms with Gasteiger partial charge in [0.25, 0.3) is 0 Å². The summed E-state index contributed by atoms with van der Waals surface area (Å²) in [6.07, 6.45) is 6.62. The lowest BCUT2D eigenvalue weighted by atomic mass is 9.97. The normalized spacial score (nSPS) is 17.0. The zero-order valence-corrected chi connectivity index (χ0v) is 17.5. The van der Waals surface area contributed by atoms with Crippen LogP contribution in [0, 0.1) is 5.92 Å². The standard InChI is InChI=1S/C24H23ClN2O3/c1-26-13-11-17-14-18(7-9-21(17)26)23-16(4-2-6-20(23)25)8-10-22(28)27-12-3-5-19(15-27)24(29)30/h2,4,6-11,13-14,19H,3,5,12,15H2,1H3,(H,29,30)/b10-8+. The second kappa shape index (κ2) is 8.36. The Morgan fingerprint density at radius 3 is 2.83 bits per heavy atom. The number of carbonyl (C=O) groups is 2. The Morgan fingerprint density at radius 1 is 1.20 bits per heavy atom. The number of piperidine rings is 1. The number of likely N-dealkylation sites (tertiary alicyclic amines) is 1. The summed E-state index contributed by atoms with van der Waals surface area (Å²) in [6.45, 7) is 0.839. The van der Waals surface area contributed by atoms with Gasteiger partial charge in [0.1, 0.15) is 0 Å². The fourth-order valence-corrected chi connectivity index (χ4v) is 4.36. The minimum Gasteiger partial charge on any atom is -0.481 e. The lowest BCUT2D eigenvalue weighted by Crippen LogP contribution is -2.41. The smallest absolute Gasteiger partial charge is 0.308 e. The van der Waals surface area contributed by atoms with Crippen molar-refractivity contribution >= 4 is 40.5 Å². The summed E-state index contributed by atoms with van der Waals surface area (Å²) in [5, 5.41) is 11.0. The Bertz CT molecular complexity index is 1150. The number of hydrogen-bond acceptors (Lipinski definition) is 2. The zero-order valence-electron chi connectivity index (χ0n) is 16.7. The van der Waals surface area contributed by atoms with E-state index in [4.69, 9.17) is 11.6 Å². The molecule has 0 saturated carbocycles. The summed E-state index contributed by atoms with van der Waals surface area (Å²) in [5.74, 6) is -1.51. The highest BCUT2D eigenvalue weighted by Gasteiger charge is 2.27. The average molecular weight is 423 g/mol. The van der Waals surface area contributed by atoms with Crippen LogP contribution < -0.4 is 0 Å². The van der Waals surface area contributed by atoms with Gasteiger partial charge in [-0.15, -0.1) is 0 Å². The molecule has 30 heavy (non-hydrogen) atoms. The van der Waals surface area contributed by atoms with Crippen LogP contribution in [0.2, 0.25) is 5.02 Å². The molecule has 1 saturated heterocycles. The van der Waals surface area contributed by atoms with Crippen molar-refractivity contribution in [1.29, 1.82) is 0 Å². The van der Waals surface area contributed by atoms with Crippen LogP contribution in [0.4, 0.5) is 0 Å². The van der Waals surface area contributed by atoms with Crippen LogP contribution in [-0.2, 0) is 16.6 Å². The van der Waals surface area contributed by atoms with Gasteiger partial charge in [-0.05, 0) is 54.3 Å². The quantitative estimate of drug-likeness (QED) is 0.612. The third-order valence-electron chi connectivity index (χ3n) is 5.71. The number of nitrogens with zero attached hydrogens (tertiary/aromatic N) is 2. The molecule has 4 rings (SSSR count). The van der Waals surface area contributed by atoms with Gasteiger partial charge in [-0.2, -0.15) is 0 Å². The van der Waals surface area contributed by atoms with Crippen LogP contribution >= 0.6 is 11.6 Å². The van der Waals surface area contributed by atoms with Crippen molar-refractivity contribution in [3.05, 3.63) is 65.3 Å². The molecule has 1 unspecified atom stereocenters. The van der Waals surface area contributed by atoms with Crippen molar-refractivity contribution < 1.29 is 14.7 Å². The van der Waals surface area contributed by atoms with Gasteiger partial charge in [0, 0.05) is 53.9 Å². The second-order valence-electron chi connectivity index (χ2n) is 7.70. The van der Waals surface area contributed by atoms with Crippen LogP contribution in [0.15, 0.2) is 54.7 Å². The van der Waals surface area contributed by atoms with E-state index >= 15 is 0 Å². The molecule has 5 nitrogen and oxygen atoms in total. The maximum absolute atomic E-state index is 12.7. The molecule has 1 amide bonds. The molecule has 3 aromatic rings. The van der Waals surface area contributed by atoms with Crippen molar-refractivity contribution in [2.24, 2.45) is 13.0 Å². The molecule has 0 spiro atoms. The molecule has 2 heterocycles. The van der Waals surface area contributed by atoms with E-state index in [-0.39, 0.29) is 12.5 Å². The van der Waals surface area contributed by atoms with E-state index < -0.39 is 11.9 Å². The number of rotatable bonds is 4. The van der Waals surface area contributed by atoms with Crippen molar-refractivity contribution in [3.63, 3.8) is 0 Å². The Hall–Kier alpha value is -3.05. The van der Waals surface area contributed by atoms with Crippen LogP contribution in [-0.4, -0.2) is 39.5 Å². The summed E-state index contributed by atoms with van der Waals surface area (Å²) in [7, 11) is 2.01. The number of benzene rings is 2. The molecule has 1 aliphatic heterocycles. The zero-order chi connectivity index (χ0) is 21.3. The lowest BCUT2D eigenvalue weighted by Gasteiger charge is -2.29. The highest BCUT2D eigenvalue weighted by molar-refractivity contribution is 6.33. The minimum atomic E-state index is -0.843. The van der Waals surface area contributed by atoms with E-state index in [9.17, 15) is 14.7 Å². The number of amides is 1. The van der Waals surface area contributed by atoms with Crippen LogP contribution in [0.5, 0.6) is 0 Å². The molecular formula is C24H23ClN2O3. The first-order valence-electron chi connectivity index (χ1n) is 9.98. The van der Waals surface area contributed by atoms with Gasteiger partial charge in [-0.25, -0.2) is 0 Å².